The smallest absolute Gasteiger partial charge is 0.254 e. The quantitative estimate of drug-likeness (QED) is 0.820. The van der Waals surface area contributed by atoms with Crippen molar-refractivity contribution in [3.05, 3.63) is 53.6 Å². The number of nitrogens with zero attached hydrogens (tertiary/aromatic N) is 1. The van der Waals surface area contributed by atoms with Crippen LogP contribution in [0.25, 0.3) is 0 Å². The van der Waals surface area contributed by atoms with Gasteiger partial charge in [-0.15, -0.1) is 0 Å². The van der Waals surface area contributed by atoms with Crippen molar-refractivity contribution in [3.8, 4) is 17.2 Å². The molecule has 0 aliphatic carbocycles. The molecule has 0 saturated carbocycles. The number of methoxy groups -OCH3 is 3. The molecule has 5 heteroatoms. The Morgan fingerprint density at radius 3 is 2.23 bits per heavy atom. The SMILES string of the molecule is COc1cc(C(=O)N2CCCC(c3ccccc3)C2)cc(OC)c1OC. The molecule has 1 saturated heterocycles. The number of piperidine rings is 1. The minimum atomic E-state index is -0.00937. The Hall–Kier alpha value is -2.69. The number of ether oxygens (including phenoxy) is 3. The van der Waals surface area contributed by atoms with Crippen LogP contribution in [0.2, 0.25) is 0 Å². The van der Waals surface area contributed by atoms with Crippen LogP contribution in [0, 0.1) is 0 Å². The largest absolute Gasteiger partial charge is 0.493 e. The van der Waals surface area contributed by atoms with Gasteiger partial charge in [0, 0.05) is 24.6 Å². The normalized spacial score (nSPS) is 16.9. The number of amides is 1. The predicted molar refractivity (Wildman–Crippen MR) is 100 cm³/mol. The molecule has 5 nitrogen and oxygen atoms in total. The van der Waals surface area contributed by atoms with Crippen LogP contribution in [0.5, 0.6) is 17.2 Å². The number of carbonyl (C=O) groups excluding carboxylic acids is 1. The van der Waals surface area contributed by atoms with Crippen molar-refractivity contribution < 1.29 is 19.0 Å². The molecule has 2 aromatic rings. The van der Waals surface area contributed by atoms with Crippen molar-refractivity contribution in [2.75, 3.05) is 34.4 Å². The van der Waals surface area contributed by atoms with E-state index in [9.17, 15) is 4.79 Å². The van der Waals surface area contributed by atoms with Crippen molar-refractivity contribution in [1.29, 1.82) is 0 Å². The maximum Gasteiger partial charge on any atom is 0.254 e. The lowest BCUT2D eigenvalue weighted by Crippen LogP contribution is -2.39. The van der Waals surface area contributed by atoms with E-state index >= 15 is 0 Å². The minimum Gasteiger partial charge on any atom is -0.493 e. The predicted octanol–water partition coefficient (Wildman–Crippen LogP) is 3.73. The molecule has 1 heterocycles. The third-order valence-corrected chi connectivity index (χ3v) is 4.89. The van der Waals surface area contributed by atoms with Gasteiger partial charge in [-0.05, 0) is 30.5 Å². The Morgan fingerprint density at radius 1 is 1.00 bits per heavy atom. The lowest BCUT2D eigenvalue weighted by Gasteiger charge is -2.33. The molecular weight excluding hydrogens is 330 g/mol. The summed E-state index contributed by atoms with van der Waals surface area (Å²) in [6.07, 6.45) is 2.10. The van der Waals surface area contributed by atoms with Crippen molar-refractivity contribution in [2.24, 2.45) is 0 Å². The van der Waals surface area contributed by atoms with E-state index in [-0.39, 0.29) is 5.91 Å². The summed E-state index contributed by atoms with van der Waals surface area (Å²) >= 11 is 0. The lowest BCUT2D eigenvalue weighted by molar-refractivity contribution is 0.0706. The van der Waals surface area contributed by atoms with Crippen LogP contribution in [-0.2, 0) is 0 Å². The first kappa shape index (κ1) is 18.1. The summed E-state index contributed by atoms with van der Waals surface area (Å²) in [7, 11) is 4.66. The van der Waals surface area contributed by atoms with E-state index in [4.69, 9.17) is 14.2 Å². The van der Waals surface area contributed by atoms with Gasteiger partial charge in [0.1, 0.15) is 0 Å². The standard InChI is InChI=1S/C21H25NO4/c1-24-18-12-17(13-19(25-2)20(18)26-3)21(23)22-11-7-10-16(14-22)15-8-5-4-6-9-15/h4-6,8-9,12-13,16H,7,10-11,14H2,1-3H3. The fraction of sp³-hybridized carbons (Fsp3) is 0.381. The number of hydrogen-bond acceptors (Lipinski definition) is 4. The monoisotopic (exact) mass is 355 g/mol. The summed E-state index contributed by atoms with van der Waals surface area (Å²) in [6.45, 7) is 1.48. The van der Waals surface area contributed by atoms with Gasteiger partial charge in [0.05, 0.1) is 21.3 Å². The summed E-state index contributed by atoms with van der Waals surface area (Å²) in [4.78, 5) is 15.0. The van der Waals surface area contributed by atoms with E-state index in [1.807, 2.05) is 11.0 Å². The second-order valence-corrected chi connectivity index (χ2v) is 6.42. The Morgan fingerprint density at radius 2 is 1.65 bits per heavy atom. The van der Waals surface area contributed by atoms with Gasteiger partial charge in [-0.2, -0.15) is 0 Å². The van der Waals surface area contributed by atoms with Crippen LogP contribution >= 0.6 is 0 Å². The van der Waals surface area contributed by atoms with Crippen LogP contribution in [0.4, 0.5) is 0 Å². The third kappa shape index (κ3) is 3.62. The molecule has 1 atom stereocenters. The Kier molecular flexibility index (Phi) is 5.66. The van der Waals surface area contributed by atoms with Gasteiger partial charge in [0.2, 0.25) is 5.75 Å². The zero-order valence-corrected chi connectivity index (χ0v) is 15.5. The zero-order valence-electron chi connectivity index (χ0n) is 15.5. The first-order valence-corrected chi connectivity index (χ1v) is 8.82. The Labute approximate surface area is 154 Å². The highest BCUT2D eigenvalue weighted by atomic mass is 16.5. The average Bonchev–Trinajstić information content (AvgIpc) is 2.72. The topological polar surface area (TPSA) is 48.0 Å². The molecule has 0 N–H and O–H groups in total. The van der Waals surface area contributed by atoms with Crippen molar-refractivity contribution in [1.82, 2.24) is 4.90 Å². The van der Waals surface area contributed by atoms with Crippen molar-refractivity contribution in [2.45, 2.75) is 18.8 Å². The molecule has 26 heavy (non-hydrogen) atoms. The molecule has 1 fully saturated rings. The first-order valence-electron chi connectivity index (χ1n) is 8.82. The van der Waals surface area contributed by atoms with Crippen LogP contribution in [0.15, 0.2) is 42.5 Å². The molecule has 3 rings (SSSR count). The fourth-order valence-electron chi connectivity index (χ4n) is 3.55. The molecule has 0 radical (unpaired) electrons. The second kappa shape index (κ2) is 8.13. The molecule has 0 aromatic heterocycles. The maximum atomic E-state index is 13.1. The summed E-state index contributed by atoms with van der Waals surface area (Å²) in [5, 5.41) is 0. The number of benzene rings is 2. The maximum absolute atomic E-state index is 13.1. The highest BCUT2D eigenvalue weighted by Gasteiger charge is 2.27. The van der Waals surface area contributed by atoms with Gasteiger partial charge < -0.3 is 19.1 Å². The third-order valence-electron chi connectivity index (χ3n) is 4.89. The van der Waals surface area contributed by atoms with Gasteiger partial charge in [0.25, 0.3) is 5.91 Å². The highest BCUT2D eigenvalue weighted by molar-refractivity contribution is 5.95. The van der Waals surface area contributed by atoms with E-state index in [1.54, 1.807) is 33.5 Å². The van der Waals surface area contributed by atoms with Crippen LogP contribution < -0.4 is 14.2 Å². The van der Waals surface area contributed by atoms with E-state index in [2.05, 4.69) is 24.3 Å². The van der Waals surface area contributed by atoms with Gasteiger partial charge in [-0.25, -0.2) is 0 Å². The minimum absolute atomic E-state index is 0.00937. The van der Waals surface area contributed by atoms with Crippen molar-refractivity contribution in [3.63, 3.8) is 0 Å². The number of rotatable bonds is 5. The second-order valence-electron chi connectivity index (χ2n) is 6.42. The first-order chi connectivity index (χ1) is 12.7. The molecule has 138 valence electrons. The van der Waals surface area contributed by atoms with Gasteiger partial charge in [-0.3, -0.25) is 4.79 Å². The van der Waals surface area contributed by atoms with Crippen LogP contribution in [-0.4, -0.2) is 45.2 Å². The summed E-state index contributed by atoms with van der Waals surface area (Å²) in [5.74, 6) is 1.84. The number of likely N-dealkylation sites (tertiary alicyclic amines) is 1. The van der Waals surface area contributed by atoms with Gasteiger partial charge in [-0.1, -0.05) is 30.3 Å². The zero-order chi connectivity index (χ0) is 18.5. The average molecular weight is 355 g/mol. The summed E-state index contributed by atoms with van der Waals surface area (Å²) in [5.41, 5.74) is 1.84. The van der Waals surface area contributed by atoms with E-state index < -0.39 is 0 Å². The van der Waals surface area contributed by atoms with Crippen LogP contribution in [0.1, 0.15) is 34.7 Å². The fourth-order valence-corrected chi connectivity index (χ4v) is 3.55. The summed E-state index contributed by atoms with van der Waals surface area (Å²) in [6, 6.07) is 13.8. The van der Waals surface area contributed by atoms with E-state index in [1.165, 1.54) is 5.56 Å². The molecule has 1 aliphatic heterocycles. The molecule has 1 unspecified atom stereocenters. The van der Waals surface area contributed by atoms with E-state index in [0.717, 1.165) is 25.9 Å². The highest BCUT2D eigenvalue weighted by Crippen LogP contribution is 2.39. The van der Waals surface area contributed by atoms with E-state index in [0.29, 0.717) is 28.7 Å². The molecule has 0 bridgehead atoms. The Bertz CT molecular complexity index is 735. The van der Waals surface area contributed by atoms with Gasteiger partial charge >= 0.3 is 0 Å². The number of hydrogen-bond donors (Lipinski definition) is 0. The molecular formula is C21H25NO4. The molecule has 0 spiro atoms. The van der Waals surface area contributed by atoms with Gasteiger partial charge in [0.15, 0.2) is 11.5 Å². The molecule has 2 aromatic carbocycles. The summed E-state index contributed by atoms with van der Waals surface area (Å²) < 4.78 is 16.1. The number of carbonyl (C=O) groups is 1. The molecule has 1 aliphatic rings. The van der Waals surface area contributed by atoms with Crippen molar-refractivity contribution >= 4 is 5.91 Å². The molecule has 1 amide bonds. The van der Waals surface area contributed by atoms with Crippen LogP contribution in [0.3, 0.4) is 0 Å². The Balaban J connectivity index is 1.84. The lowest BCUT2D eigenvalue weighted by atomic mass is 9.90.